The number of hydrogen-bond acceptors (Lipinski definition) is 8. The third-order valence-corrected chi connectivity index (χ3v) is 4.71. The van der Waals surface area contributed by atoms with Gasteiger partial charge < -0.3 is 0 Å². The van der Waals surface area contributed by atoms with Gasteiger partial charge in [0.05, 0.1) is 0 Å². The molecule has 150 valence electrons. The van der Waals surface area contributed by atoms with Gasteiger partial charge in [-0.25, -0.2) is 0 Å². The Morgan fingerprint density at radius 2 is 1.73 bits per heavy atom. The van der Waals surface area contributed by atoms with E-state index < -0.39 is 48.5 Å². The fourth-order valence-electron chi connectivity index (χ4n) is 2.23. The molecule has 0 heterocycles. The first-order chi connectivity index (χ1) is 11.7. The molecule has 0 aliphatic rings. The van der Waals surface area contributed by atoms with Gasteiger partial charge in [-0.3, -0.25) is 0 Å². The van der Waals surface area contributed by atoms with Gasteiger partial charge in [0, 0.05) is 0 Å². The summed E-state index contributed by atoms with van der Waals surface area (Å²) in [5.41, 5.74) is -2.39. The fourth-order valence-corrected chi connectivity index (χ4v) is 3.69. The summed E-state index contributed by atoms with van der Waals surface area (Å²) in [4.78, 5) is 12.5. The number of hydrogen-bond donors (Lipinski definition) is 4. The molecule has 2 unspecified atom stereocenters. The molecule has 4 N–H and O–H groups in total. The molecule has 0 aliphatic heterocycles. The summed E-state index contributed by atoms with van der Waals surface area (Å²) < 4.78 is 21.9. The van der Waals surface area contributed by atoms with Crippen LogP contribution >= 0.6 is 0 Å². The Balaban J connectivity index is 5.25. The van der Waals surface area contributed by atoms with Crippen molar-refractivity contribution in [3.8, 4) is 0 Å². The molecule has 0 rings (SSSR count). The zero-order valence-corrected chi connectivity index (χ0v) is 17.2. The van der Waals surface area contributed by atoms with E-state index in [2.05, 4.69) is 13.2 Å². The van der Waals surface area contributed by atoms with Gasteiger partial charge in [-0.2, -0.15) is 0 Å². The van der Waals surface area contributed by atoms with Crippen LogP contribution in [0.1, 0.15) is 46.5 Å². The van der Waals surface area contributed by atoms with Crippen LogP contribution in [0.15, 0.2) is 25.3 Å². The van der Waals surface area contributed by atoms with E-state index in [0.717, 1.165) is 0 Å². The Hall–Kier alpha value is -0.736. The van der Waals surface area contributed by atoms with Crippen molar-refractivity contribution in [3.63, 3.8) is 0 Å². The average molecular weight is 410 g/mol. The molecule has 2 atom stereocenters. The molecular formula is C17H30O8Ti. The second-order valence-electron chi connectivity index (χ2n) is 7.44. The van der Waals surface area contributed by atoms with Gasteiger partial charge in [-0.15, -0.1) is 0 Å². The van der Waals surface area contributed by atoms with E-state index in [4.69, 9.17) is 22.0 Å². The quantitative estimate of drug-likeness (QED) is 0.215. The molecule has 0 saturated heterocycles. The first kappa shape index (κ1) is 25.3. The van der Waals surface area contributed by atoms with Crippen LogP contribution in [0.4, 0.5) is 0 Å². The van der Waals surface area contributed by atoms with E-state index in [1.54, 1.807) is 0 Å². The monoisotopic (exact) mass is 410 g/mol. The zero-order valence-electron chi connectivity index (χ0n) is 15.6. The van der Waals surface area contributed by atoms with Crippen molar-refractivity contribution >= 4 is 5.97 Å². The molecule has 0 aromatic rings. The van der Waals surface area contributed by atoms with Crippen molar-refractivity contribution in [1.29, 1.82) is 0 Å². The number of carbonyl (C=O) groups excluding carboxylic acids is 1. The van der Waals surface area contributed by atoms with Crippen LogP contribution in [0, 0.1) is 11.3 Å². The molecule has 0 aromatic heterocycles. The van der Waals surface area contributed by atoms with Crippen molar-refractivity contribution in [2.75, 3.05) is 6.61 Å². The SMILES string of the molecule is C=CCC(CCC(O)(O)O)C(O)(CC=C)C(=O)[O][Ti](=[O])[O]CC(C)(C)C. The van der Waals surface area contributed by atoms with Gasteiger partial charge in [0.1, 0.15) is 0 Å². The summed E-state index contributed by atoms with van der Waals surface area (Å²) >= 11 is -3.86. The summed E-state index contributed by atoms with van der Waals surface area (Å²) in [6.07, 6.45) is 1.98. The maximum absolute atomic E-state index is 12.5. The van der Waals surface area contributed by atoms with Crippen molar-refractivity contribution in [2.24, 2.45) is 11.3 Å². The molecule has 0 saturated carbocycles. The average Bonchev–Trinajstić information content (AvgIpc) is 2.47. The van der Waals surface area contributed by atoms with Crippen LogP contribution in [-0.2, 0) is 33.4 Å². The molecule has 0 aromatic carbocycles. The summed E-state index contributed by atoms with van der Waals surface area (Å²) in [6, 6.07) is 0. The Kier molecular flexibility index (Phi) is 10.3. The minimum absolute atomic E-state index is 0.118. The van der Waals surface area contributed by atoms with E-state index >= 15 is 0 Å². The number of allylic oxidation sites excluding steroid dienone is 1. The second kappa shape index (κ2) is 10.6. The van der Waals surface area contributed by atoms with Crippen molar-refractivity contribution in [2.45, 2.75) is 58.0 Å². The van der Waals surface area contributed by atoms with Gasteiger partial charge in [0.25, 0.3) is 0 Å². The molecule has 8 nitrogen and oxygen atoms in total. The third kappa shape index (κ3) is 9.82. The van der Waals surface area contributed by atoms with Crippen LogP contribution in [0.25, 0.3) is 0 Å². The summed E-state index contributed by atoms with van der Waals surface area (Å²) in [5, 5.41) is 38.0. The Morgan fingerprint density at radius 1 is 1.15 bits per heavy atom. The predicted molar refractivity (Wildman–Crippen MR) is 88.9 cm³/mol. The van der Waals surface area contributed by atoms with Crippen molar-refractivity contribution in [3.05, 3.63) is 25.3 Å². The molecule has 0 spiro atoms. The third-order valence-electron chi connectivity index (χ3n) is 3.56. The first-order valence-electron chi connectivity index (χ1n) is 8.25. The second-order valence-corrected chi connectivity index (χ2v) is 8.99. The van der Waals surface area contributed by atoms with Crippen LogP contribution in [0.5, 0.6) is 0 Å². The van der Waals surface area contributed by atoms with E-state index in [1.165, 1.54) is 12.2 Å². The Labute approximate surface area is 161 Å². The minimum atomic E-state index is -3.86. The van der Waals surface area contributed by atoms with E-state index in [0.29, 0.717) is 0 Å². The van der Waals surface area contributed by atoms with Crippen LogP contribution in [0.3, 0.4) is 0 Å². The summed E-state index contributed by atoms with van der Waals surface area (Å²) in [7, 11) is 0. The molecule has 0 bridgehead atoms. The van der Waals surface area contributed by atoms with E-state index in [1.807, 2.05) is 20.8 Å². The Morgan fingerprint density at radius 3 is 2.15 bits per heavy atom. The van der Waals surface area contributed by atoms with Crippen molar-refractivity contribution in [1.82, 2.24) is 0 Å². The van der Waals surface area contributed by atoms with Crippen LogP contribution in [0.2, 0.25) is 0 Å². The van der Waals surface area contributed by atoms with E-state index in [-0.39, 0.29) is 31.3 Å². The number of carbonyl (C=O) groups is 1. The van der Waals surface area contributed by atoms with Gasteiger partial charge >= 0.3 is 161 Å². The fraction of sp³-hybridized carbons (Fsp3) is 0.706. The van der Waals surface area contributed by atoms with Crippen LogP contribution < -0.4 is 0 Å². The maximum atomic E-state index is 12.5. The van der Waals surface area contributed by atoms with E-state index in [9.17, 15) is 13.2 Å². The van der Waals surface area contributed by atoms with Gasteiger partial charge in [-0.05, 0) is 0 Å². The topological polar surface area (TPSA) is 134 Å². The van der Waals surface area contributed by atoms with Crippen molar-refractivity contribution < 1.29 is 53.8 Å². The molecule has 9 heteroatoms. The predicted octanol–water partition coefficient (Wildman–Crippen LogP) is 1.30. The molecule has 0 radical (unpaired) electrons. The molecule has 26 heavy (non-hydrogen) atoms. The molecule has 0 fully saturated rings. The molecule has 0 amide bonds. The van der Waals surface area contributed by atoms with Gasteiger partial charge in [-0.1, -0.05) is 0 Å². The van der Waals surface area contributed by atoms with Gasteiger partial charge in [0.2, 0.25) is 0 Å². The number of rotatable bonds is 12. The molecule has 0 aliphatic carbocycles. The number of aliphatic hydroxyl groups is 4. The zero-order chi connectivity index (χ0) is 20.6. The van der Waals surface area contributed by atoms with Crippen LogP contribution in [-0.4, -0.2) is 44.6 Å². The summed E-state index contributed by atoms with van der Waals surface area (Å²) in [5.74, 6) is -4.95. The Bertz CT molecular complexity index is 506. The summed E-state index contributed by atoms with van der Waals surface area (Å²) in [6.45, 7) is 12.7. The first-order valence-corrected chi connectivity index (χ1v) is 10.2. The van der Waals surface area contributed by atoms with Gasteiger partial charge in [0.15, 0.2) is 0 Å². The standard InChI is InChI=1S/C12H20O6.C5H11O.O.Ti/c1-3-5-9(6-8-12(16,17)18)11(15,7-4-2)10(13)14;1-5(2,3)4-6;;/h3-4,9,15-18H,1-2,5-8H2,(H,13,14);4H2,1-3H3;;/q;-1;;+2/p-1. The normalized spacial score (nSPS) is 15.7. The molecular weight excluding hydrogens is 380 g/mol.